The molecule has 2 N–H and O–H groups in total. The Morgan fingerprint density at radius 3 is 2.25 bits per heavy atom. The van der Waals surface area contributed by atoms with Gasteiger partial charge in [-0.3, -0.25) is 0 Å². The van der Waals surface area contributed by atoms with Gasteiger partial charge in [-0.25, -0.2) is 4.39 Å². The zero-order valence-corrected chi connectivity index (χ0v) is 9.72. The lowest BCUT2D eigenvalue weighted by Gasteiger charge is -2.04. The maximum atomic E-state index is 12.7. The molecule has 1 nitrogen and oxygen atoms in total. The van der Waals surface area contributed by atoms with Gasteiger partial charge >= 0.3 is 0 Å². The highest BCUT2D eigenvalue weighted by Gasteiger charge is 2.00. The molecule has 16 heavy (non-hydrogen) atoms. The number of anilines is 1. The van der Waals surface area contributed by atoms with Crippen LogP contribution in [0.1, 0.15) is 5.56 Å². The van der Waals surface area contributed by atoms with Crippen molar-refractivity contribution in [2.45, 2.75) is 16.7 Å². The quantitative estimate of drug-likeness (QED) is 0.797. The first-order chi connectivity index (χ1) is 7.65. The van der Waals surface area contributed by atoms with Crippen LogP contribution in [0.15, 0.2) is 52.3 Å². The molecular formula is C13H12FNS. The topological polar surface area (TPSA) is 26.0 Å². The Morgan fingerprint density at radius 2 is 1.62 bits per heavy atom. The van der Waals surface area contributed by atoms with Gasteiger partial charge in [-0.2, -0.15) is 0 Å². The lowest BCUT2D eigenvalue weighted by atomic mass is 10.2. The summed E-state index contributed by atoms with van der Waals surface area (Å²) >= 11 is 1.60. The van der Waals surface area contributed by atoms with Crippen LogP contribution in [0, 0.1) is 12.7 Å². The van der Waals surface area contributed by atoms with E-state index in [1.165, 1.54) is 12.1 Å². The van der Waals surface area contributed by atoms with Crippen LogP contribution < -0.4 is 5.73 Å². The van der Waals surface area contributed by atoms with Crippen molar-refractivity contribution in [1.29, 1.82) is 0 Å². The van der Waals surface area contributed by atoms with Gasteiger partial charge in [0.1, 0.15) is 5.82 Å². The van der Waals surface area contributed by atoms with Gasteiger partial charge in [0.05, 0.1) is 0 Å². The van der Waals surface area contributed by atoms with Crippen molar-refractivity contribution in [3.05, 3.63) is 53.8 Å². The summed E-state index contributed by atoms with van der Waals surface area (Å²) in [5.41, 5.74) is 7.60. The minimum absolute atomic E-state index is 0.210. The van der Waals surface area contributed by atoms with E-state index in [1.54, 1.807) is 23.9 Å². The van der Waals surface area contributed by atoms with E-state index in [9.17, 15) is 4.39 Å². The number of aryl methyl sites for hydroxylation is 1. The summed E-state index contributed by atoms with van der Waals surface area (Å²) in [6, 6.07) is 12.4. The van der Waals surface area contributed by atoms with E-state index in [1.807, 2.05) is 25.1 Å². The Balaban J connectivity index is 2.20. The number of halogens is 1. The summed E-state index contributed by atoms with van der Waals surface area (Å²) in [6.07, 6.45) is 0. The Bertz CT molecular complexity index is 494. The van der Waals surface area contributed by atoms with Crippen molar-refractivity contribution in [2.75, 3.05) is 5.73 Å². The van der Waals surface area contributed by atoms with Gasteiger partial charge in [0.15, 0.2) is 0 Å². The highest BCUT2D eigenvalue weighted by molar-refractivity contribution is 7.99. The second-order valence-electron chi connectivity index (χ2n) is 3.57. The smallest absolute Gasteiger partial charge is 0.123 e. The second kappa shape index (κ2) is 4.58. The molecule has 2 aromatic rings. The van der Waals surface area contributed by atoms with Gasteiger partial charge in [-0.1, -0.05) is 11.8 Å². The second-order valence-corrected chi connectivity index (χ2v) is 4.72. The normalized spacial score (nSPS) is 10.4. The molecule has 2 rings (SSSR count). The molecule has 82 valence electrons. The molecule has 0 aliphatic rings. The van der Waals surface area contributed by atoms with Crippen LogP contribution in [0.4, 0.5) is 10.1 Å². The summed E-state index contributed by atoms with van der Waals surface area (Å²) < 4.78 is 12.7. The molecule has 0 aliphatic carbocycles. The lowest BCUT2D eigenvalue weighted by molar-refractivity contribution is 0.626. The Labute approximate surface area is 98.5 Å². The Kier molecular flexibility index (Phi) is 3.15. The maximum Gasteiger partial charge on any atom is 0.123 e. The zero-order chi connectivity index (χ0) is 11.5. The molecule has 0 saturated carbocycles. The Morgan fingerprint density at radius 1 is 1.00 bits per heavy atom. The number of nitrogen functional groups attached to an aromatic ring is 1. The number of benzene rings is 2. The Hall–Kier alpha value is -1.48. The molecule has 0 fully saturated rings. The van der Waals surface area contributed by atoms with E-state index in [-0.39, 0.29) is 5.82 Å². The van der Waals surface area contributed by atoms with Crippen LogP contribution in [0.25, 0.3) is 0 Å². The first kappa shape index (κ1) is 11.0. The molecule has 2 aromatic carbocycles. The van der Waals surface area contributed by atoms with Gasteiger partial charge in [0, 0.05) is 15.5 Å². The predicted molar refractivity (Wildman–Crippen MR) is 66.1 cm³/mol. The molecule has 0 bridgehead atoms. The van der Waals surface area contributed by atoms with Crippen LogP contribution in [-0.4, -0.2) is 0 Å². The summed E-state index contributed by atoms with van der Waals surface area (Å²) in [5.74, 6) is -0.210. The monoisotopic (exact) mass is 233 g/mol. The minimum atomic E-state index is -0.210. The van der Waals surface area contributed by atoms with E-state index in [0.29, 0.717) is 0 Å². The molecule has 0 radical (unpaired) electrons. The molecule has 0 heterocycles. The van der Waals surface area contributed by atoms with Crippen LogP contribution in [-0.2, 0) is 0 Å². The summed E-state index contributed by atoms with van der Waals surface area (Å²) in [5, 5.41) is 0. The molecular weight excluding hydrogens is 221 g/mol. The standard InChI is InChI=1S/C13H12FNS/c1-9-8-12(6-7-13(9)15)16-11-4-2-10(14)3-5-11/h2-8H,15H2,1H3. The fraction of sp³-hybridized carbons (Fsp3) is 0.0769. The van der Waals surface area contributed by atoms with E-state index < -0.39 is 0 Å². The average Bonchev–Trinajstić information content (AvgIpc) is 2.27. The van der Waals surface area contributed by atoms with Crippen molar-refractivity contribution < 1.29 is 4.39 Å². The first-order valence-electron chi connectivity index (χ1n) is 4.95. The van der Waals surface area contributed by atoms with E-state index in [2.05, 4.69) is 0 Å². The van der Waals surface area contributed by atoms with Gasteiger partial charge in [-0.05, 0) is 55.0 Å². The maximum absolute atomic E-state index is 12.7. The van der Waals surface area contributed by atoms with E-state index in [4.69, 9.17) is 5.73 Å². The summed E-state index contributed by atoms with van der Waals surface area (Å²) in [4.78, 5) is 2.13. The van der Waals surface area contributed by atoms with Gasteiger partial charge in [-0.15, -0.1) is 0 Å². The third kappa shape index (κ3) is 2.55. The van der Waals surface area contributed by atoms with Crippen molar-refractivity contribution in [2.24, 2.45) is 0 Å². The van der Waals surface area contributed by atoms with Crippen molar-refractivity contribution in [3.63, 3.8) is 0 Å². The lowest BCUT2D eigenvalue weighted by Crippen LogP contribution is -1.88. The SMILES string of the molecule is Cc1cc(Sc2ccc(F)cc2)ccc1N. The van der Waals surface area contributed by atoms with Gasteiger partial charge in [0.2, 0.25) is 0 Å². The molecule has 0 amide bonds. The van der Waals surface area contributed by atoms with Crippen LogP contribution in [0.2, 0.25) is 0 Å². The highest BCUT2D eigenvalue weighted by atomic mass is 32.2. The van der Waals surface area contributed by atoms with E-state index >= 15 is 0 Å². The predicted octanol–water partition coefficient (Wildman–Crippen LogP) is 3.87. The molecule has 0 aromatic heterocycles. The third-order valence-electron chi connectivity index (χ3n) is 2.29. The molecule has 0 unspecified atom stereocenters. The first-order valence-corrected chi connectivity index (χ1v) is 5.76. The third-order valence-corrected chi connectivity index (χ3v) is 3.29. The highest BCUT2D eigenvalue weighted by Crippen LogP contribution is 2.29. The zero-order valence-electron chi connectivity index (χ0n) is 8.91. The number of rotatable bonds is 2. The molecule has 0 saturated heterocycles. The summed E-state index contributed by atoms with van der Waals surface area (Å²) in [6.45, 7) is 1.98. The van der Waals surface area contributed by atoms with Gasteiger partial charge < -0.3 is 5.73 Å². The minimum Gasteiger partial charge on any atom is -0.399 e. The van der Waals surface area contributed by atoms with Crippen LogP contribution in [0.3, 0.4) is 0 Å². The largest absolute Gasteiger partial charge is 0.399 e. The van der Waals surface area contributed by atoms with Crippen molar-refractivity contribution in [1.82, 2.24) is 0 Å². The van der Waals surface area contributed by atoms with Crippen molar-refractivity contribution >= 4 is 17.4 Å². The average molecular weight is 233 g/mol. The van der Waals surface area contributed by atoms with Gasteiger partial charge in [0.25, 0.3) is 0 Å². The molecule has 3 heteroatoms. The molecule has 0 spiro atoms. The molecule has 0 atom stereocenters. The molecule has 0 aliphatic heterocycles. The fourth-order valence-electron chi connectivity index (χ4n) is 1.35. The van der Waals surface area contributed by atoms with Crippen LogP contribution >= 0.6 is 11.8 Å². The van der Waals surface area contributed by atoms with Crippen LogP contribution in [0.5, 0.6) is 0 Å². The van der Waals surface area contributed by atoms with E-state index in [0.717, 1.165) is 21.0 Å². The number of hydrogen-bond acceptors (Lipinski definition) is 2. The fourth-order valence-corrected chi connectivity index (χ4v) is 2.27. The number of hydrogen-bond donors (Lipinski definition) is 1. The summed E-state index contributed by atoms with van der Waals surface area (Å²) in [7, 11) is 0. The number of nitrogens with two attached hydrogens (primary N) is 1. The van der Waals surface area contributed by atoms with Crippen molar-refractivity contribution in [3.8, 4) is 0 Å².